The van der Waals surface area contributed by atoms with Gasteiger partial charge < -0.3 is 10.5 Å². The van der Waals surface area contributed by atoms with Crippen LogP contribution in [0.2, 0.25) is 0 Å². The fourth-order valence-corrected chi connectivity index (χ4v) is 2.88. The molecular formula is C11H19ClN2O3S. The SMILES string of the molecule is COc1c(C)cc(S(=O)(=O)NCCN)cc1C.Cl. The molecule has 0 atom stereocenters. The normalized spacial score (nSPS) is 10.9. The van der Waals surface area contributed by atoms with Crippen LogP contribution >= 0.6 is 12.4 Å². The molecule has 0 aliphatic rings. The van der Waals surface area contributed by atoms with Crippen LogP contribution in [-0.2, 0) is 10.0 Å². The summed E-state index contributed by atoms with van der Waals surface area (Å²) < 4.78 is 31.4. The number of halogens is 1. The van der Waals surface area contributed by atoms with E-state index < -0.39 is 10.0 Å². The predicted molar refractivity (Wildman–Crippen MR) is 74.0 cm³/mol. The quantitative estimate of drug-likeness (QED) is 0.848. The summed E-state index contributed by atoms with van der Waals surface area (Å²) in [5, 5.41) is 0. The zero-order chi connectivity index (χ0) is 13.1. The lowest BCUT2D eigenvalue weighted by atomic mass is 10.1. The molecule has 0 radical (unpaired) electrons. The minimum absolute atomic E-state index is 0. The Hall–Kier alpha value is -0.820. The summed E-state index contributed by atoms with van der Waals surface area (Å²) in [5.74, 6) is 0.711. The molecule has 3 N–H and O–H groups in total. The molecule has 1 aromatic carbocycles. The molecule has 0 unspecified atom stereocenters. The summed E-state index contributed by atoms with van der Waals surface area (Å²) in [6.07, 6.45) is 0. The van der Waals surface area contributed by atoms with Crippen LogP contribution in [0.3, 0.4) is 0 Å². The maximum Gasteiger partial charge on any atom is 0.240 e. The van der Waals surface area contributed by atoms with Crippen LogP contribution in [0, 0.1) is 13.8 Å². The molecule has 0 aliphatic heterocycles. The van der Waals surface area contributed by atoms with E-state index in [1.54, 1.807) is 19.2 Å². The molecule has 0 amide bonds. The second-order valence-corrected chi connectivity index (χ2v) is 5.54. The van der Waals surface area contributed by atoms with E-state index in [9.17, 15) is 8.42 Å². The van der Waals surface area contributed by atoms with Crippen molar-refractivity contribution in [1.82, 2.24) is 4.72 Å². The van der Waals surface area contributed by atoms with Gasteiger partial charge in [-0.05, 0) is 37.1 Å². The fraction of sp³-hybridized carbons (Fsp3) is 0.455. The Morgan fingerprint density at radius 2 is 1.78 bits per heavy atom. The molecule has 0 fully saturated rings. The molecule has 1 rings (SSSR count). The van der Waals surface area contributed by atoms with Gasteiger partial charge >= 0.3 is 0 Å². The van der Waals surface area contributed by atoms with Gasteiger partial charge in [-0.15, -0.1) is 12.4 Å². The van der Waals surface area contributed by atoms with Gasteiger partial charge in [-0.1, -0.05) is 0 Å². The number of aryl methyl sites for hydroxylation is 2. The Morgan fingerprint density at radius 1 is 1.28 bits per heavy atom. The summed E-state index contributed by atoms with van der Waals surface area (Å²) in [4.78, 5) is 0.238. The predicted octanol–water partition coefficient (Wildman–Crippen LogP) is 0.971. The van der Waals surface area contributed by atoms with Crippen molar-refractivity contribution in [3.63, 3.8) is 0 Å². The average Bonchev–Trinajstić information content (AvgIpc) is 2.26. The topological polar surface area (TPSA) is 81.4 Å². The molecule has 0 saturated heterocycles. The Labute approximate surface area is 114 Å². The van der Waals surface area contributed by atoms with E-state index in [1.165, 1.54) is 0 Å². The summed E-state index contributed by atoms with van der Waals surface area (Å²) in [7, 11) is -1.91. The maximum absolute atomic E-state index is 11.9. The highest BCUT2D eigenvalue weighted by Gasteiger charge is 2.16. The number of hydrogen-bond donors (Lipinski definition) is 2. The summed E-state index contributed by atoms with van der Waals surface area (Å²) in [6, 6.07) is 3.18. The molecule has 104 valence electrons. The molecule has 0 aromatic heterocycles. The van der Waals surface area contributed by atoms with Crippen LogP contribution < -0.4 is 15.2 Å². The number of rotatable bonds is 5. The first-order chi connectivity index (χ1) is 7.92. The van der Waals surface area contributed by atoms with Crippen LogP contribution in [0.15, 0.2) is 17.0 Å². The number of ether oxygens (including phenoxy) is 1. The summed E-state index contributed by atoms with van der Waals surface area (Å²) in [6.45, 7) is 4.13. The van der Waals surface area contributed by atoms with Crippen LogP contribution in [-0.4, -0.2) is 28.6 Å². The van der Waals surface area contributed by atoms with Gasteiger partial charge in [0.1, 0.15) is 5.75 Å². The third-order valence-electron chi connectivity index (χ3n) is 2.38. The van der Waals surface area contributed by atoms with E-state index >= 15 is 0 Å². The zero-order valence-corrected chi connectivity index (χ0v) is 12.3. The molecular weight excluding hydrogens is 276 g/mol. The van der Waals surface area contributed by atoms with Crippen LogP contribution in [0.4, 0.5) is 0 Å². The zero-order valence-electron chi connectivity index (χ0n) is 10.7. The number of methoxy groups -OCH3 is 1. The second kappa shape index (κ2) is 6.94. The van der Waals surface area contributed by atoms with Gasteiger partial charge in [-0.3, -0.25) is 0 Å². The van der Waals surface area contributed by atoms with Crippen molar-refractivity contribution in [3.8, 4) is 5.75 Å². The van der Waals surface area contributed by atoms with Crippen molar-refractivity contribution in [2.24, 2.45) is 5.73 Å². The Kier molecular flexibility index (Phi) is 6.62. The Balaban J connectivity index is 0.00000289. The third kappa shape index (κ3) is 3.84. The summed E-state index contributed by atoms with van der Waals surface area (Å²) >= 11 is 0. The van der Waals surface area contributed by atoms with E-state index in [4.69, 9.17) is 10.5 Å². The first-order valence-electron chi connectivity index (χ1n) is 5.27. The highest BCUT2D eigenvalue weighted by Crippen LogP contribution is 2.26. The molecule has 0 aliphatic carbocycles. The largest absolute Gasteiger partial charge is 0.496 e. The minimum atomic E-state index is -3.48. The van der Waals surface area contributed by atoms with Gasteiger partial charge in [0.25, 0.3) is 0 Å². The van der Waals surface area contributed by atoms with Gasteiger partial charge in [0.2, 0.25) is 10.0 Å². The van der Waals surface area contributed by atoms with Gasteiger partial charge in [0, 0.05) is 13.1 Å². The van der Waals surface area contributed by atoms with Crippen LogP contribution in [0.1, 0.15) is 11.1 Å². The van der Waals surface area contributed by atoms with E-state index in [0.29, 0.717) is 5.75 Å². The standard InChI is InChI=1S/C11H18N2O3S.ClH/c1-8-6-10(7-9(2)11(8)16-3)17(14,15)13-5-4-12;/h6-7,13H,4-5,12H2,1-3H3;1H. The van der Waals surface area contributed by atoms with E-state index in [0.717, 1.165) is 11.1 Å². The van der Waals surface area contributed by atoms with Gasteiger partial charge in [0.15, 0.2) is 0 Å². The average molecular weight is 295 g/mol. The highest BCUT2D eigenvalue weighted by atomic mass is 35.5. The van der Waals surface area contributed by atoms with Crippen molar-refractivity contribution < 1.29 is 13.2 Å². The Bertz CT molecular complexity index is 480. The molecule has 7 heteroatoms. The number of nitrogens with one attached hydrogen (secondary N) is 1. The molecule has 0 spiro atoms. The first kappa shape index (κ1) is 17.2. The lowest BCUT2D eigenvalue weighted by Gasteiger charge is -2.12. The number of benzene rings is 1. The molecule has 5 nitrogen and oxygen atoms in total. The van der Waals surface area contributed by atoms with Crippen LogP contribution in [0.5, 0.6) is 5.75 Å². The van der Waals surface area contributed by atoms with Crippen molar-refractivity contribution >= 4 is 22.4 Å². The van der Waals surface area contributed by atoms with Crippen molar-refractivity contribution in [2.45, 2.75) is 18.7 Å². The first-order valence-corrected chi connectivity index (χ1v) is 6.75. The van der Waals surface area contributed by atoms with E-state index in [1.807, 2.05) is 13.8 Å². The van der Waals surface area contributed by atoms with Crippen LogP contribution in [0.25, 0.3) is 0 Å². The van der Waals surface area contributed by atoms with Gasteiger partial charge in [0.05, 0.1) is 12.0 Å². The summed E-state index contributed by atoms with van der Waals surface area (Å²) in [5.41, 5.74) is 6.86. The van der Waals surface area contributed by atoms with E-state index in [-0.39, 0.29) is 30.4 Å². The number of nitrogens with two attached hydrogens (primary N) is 1. The third-order valence-corrected chi connectivity index (χ3v) is 3.83. The van der Waals surface area contributed by atoms with Gasteiger partial charge in [-0.2, -0.15) is 0 Å². The molecule has 0 saturated carbocycles. The maximum atomic E-state index is 11.9. The minimum Gasteiger partial charge on any atom is -0.496 e. The molecule has 18 heavy (non-hydrogen) atoms. The smallest absolute Gasteiger partial charge is 0.240 e. The lowest BCUT2D eigenvalue weighted by Crippen LogP contribution is -2.29. The lowest BCUT2D eigenvalue weighted by molar-refractivity contribution is 0.408. The van der Waals surface area contributed by atoms with Crippen molar-refractivity contribution in [3.05, 3.63) is 23.3 Å². The Morgan fingerprint density at radius 3 is 2.17 bits per heavy atom. The van der Waals surface area contributed by atoms with Crippen molar-refractivity contribution in [2.75, 3.05) is 20.2 Å². The van der Waals surface area contributed by atoms with Crippen molar-refractivity contribution in [1.29, 1.82) is 0 Å². The number of sulfonamides is 1. The molecule has 1 aromatic rings. The van der Waals surface area contributed by atoms with Gasteiger partial charge in [-0.25, -0.2) is 13.1 Å². The molecule has 0 bridgehead atoms. The monoisotopic (exact) mass is 294 g/mol. The highest BCUT2D eigenvalue weighted by molar-refractivity contribution is 7.89. The fourth-order valence-electron chi connectivity index (χ4n) is 1.66. The molecule has 0 heterocycles. The van der Waals surface area contributed by atoms with E-state index in [2.05, 4.69) is 4.72 Å². The number of hydrogen-bond acceptors (Lipinski definition) is 4. The second-order valence-electron chi connectivity index (χ2n) is 3.78.